The van der Waals surface area contributed by atoms with Crippen molar-refractivity contribution in [3.05, 3.63) is 0 Å². The lowest BCUT2D eigenvalue weighted by molar-refractivity contribution is 0.673. The minimum absolute atomic E-state index is 0.152. The summed E-state index contributed by atoms with van der Waals surface area (Å²) in [6.07, 6.45) is 4.15. The standard InChI is InChI=1S/C8H16N2OS2/c1-6(13(2)11)5-9-8(12)10-7-3-4-7/h6-7H,3-5H2,1-2H3,(H2,9,10,12). The zero-order valence-corrected chi connectivity index (χ0v) is 9.63. The highest BCUT2D eigenvalue weighted by Crippen LogP contribution is 2.18. The van der Waals surface area contributed by atoms with Crippen LogP contribution in [0.5, 0.6) is 0 Å². The van der Waals surface area contributed by atoms with Crippen LogP contribution in [0.25, 0.3) is 0 Å². The second kappa shape index (κ2) is 4.91. The normalized spacial score (nSPS) is 20.5. The van der Waals surface area contributed by atoms with Crippen molar-refractivity contribution in [2.75, 3.05) is 12.8 Å². The first kappa shape index (κ1) is 10.9. The molecule has 0 spiro atoms. The molecule has 2 unspecified atom stereocenters. The third-order valence-electron chi connectivity index (χ3n) is 2.03. The van der Waals surface area contributed by atoms with Crippen LogP contribution in [0.2, 0.25) is 0 Å². The molecule has 1 saturated carbocycles. The molecule has 0 bridgehead atoms. The maximum absolute atomic E-state index is 11.0. The van der Waals surface area contributed by atoms with Crippen LogP contribution < -0.4 is 10.6 Å². The minimum atomic E-state index is -0.774. The smallest absolute Gasteiger partial charge is 0.166 e. The van der Waals surface area contributed by atoms with Crippen molar-refractivity contribution in [3.63, 3.8) is 0 Å². The molecule has 0 saturated heterocycles. The Kier molecular flexibility index (Phi) is 4.12. The molecule has 2 N–H and O–H groups in total. The summed E-state index contributed by atoms with van der Waals surface area (Å²) in [4.78, 5) is 0. The average molecular weight is 220 g/mol. The summed E-state index contributed by atoms with van der Waals surface area (Å²) in [5.41, 5.74) is 0. The molecule has 0 aromatic heterocycles. The third kappa shape index (κ3) is 4.57. The van der Waals surface area contributed by atoms with Crippen LogP contribution in [0.15, 0.2) is 0 Å². The average Bonchev–Trinajstić information content (AvgIpc) is 2.83. The van der Waals surface area contributed by atoms with Crippen LogP contribution in [-0.2, 0) is 10.8 Å². The van der Waals surface area contributed by atoms with Crippen molar-refractivity contribution >= 4 is 28.1 Å². The molecule has 0 aliphatic heterocycles. The summed E-state index contributed by atoms with van der Waals surface area (Å²) in [5.74, 6) is 0. The van der Waals surface area contributed by atoms with E-state index in [-0.39, 0.29) is 5.25 Å². The summed E-state index contributed by atoms with van der Waals surface area (Å²) < 4.78 is 11.0. The van der Waals surface area contributed by atoms with Crippen LogP contribution in [0.3, 0.4) is 0 Å². The van der Waals surface area contributed by atoms with E-state index in [1.54, 1.807) is 6.26 Å². The van der Waals surface area contributed by atoms with E-state index in [2.05, 4.69) is 10.6 Å². The Hall–Kier alpha value is -0.160. The molecule has 1 fully saturated rings. The molecule has 0 heterocycles. The molecule has 0 radical (unpaired) electrons. The Morgan fingerprint density at radius 2 is 2.31 bits per heavy atom. The van der Waals surface area contributed by atoms with Crippen LogP contribution in [0, 0.1) is 0 Å². The van der Waals surface area contributed by atoms with E-state index in [4.69, 9.17) is 12.2 Å². The van der Waals surface area contributed by atoms with Gasteiger partial charge in [-0.05, 0) is 32.0 Å². The first-order chi connectivity index (χ1) is 6.09. The van der Waals surface area contributed by atoms with Crippen molar-refractivity contribution < 1.29 is 4.21 Å². The SMILES string of the molecule is CC(CNC(=S)NC1CC1)S(C)=O. The van der Waals surface area contributed by atoms with Gasteiger partial charge in [0.2, 0.25) is 0 Å². The molecule has 0 amide bonds. The Labute approximate surface area is 87.1 Å². The van der Waals surface area contributed by atoms with Crippen molar-refractivity contribution in [1.29, 1.82) is 0 Å². The Balaban J connectivity index is 2.09. The summed E-state index contributed by atoms with van der Waals surface area (Å²) in [7, 11) is -0.774. The number of hydrogen-bond acceptors (Lipinski definition) is 2. The van der Waals surface area contributed by atoms with Gasteiger partial charge in [0.1, 0.15) is 0 Å². The highest BCUT2D eigenvalue weighted by molar-refractivity contribution is 7.84. The largest absolute Gasteiger partial charge is 0.362 e. The van der Waals surface area contributed by atoms with Crippen molar-refractivity contribution in [3.8, 4) is 0 Å². The van der Waals surface area contributed by atoms with Gasteiger partial charge in [-0.25, -0.2) is 0 Å². The molecular weight excluding hydrogens is 204 g/mol. The Morgan fingerprint density at radius 3 is 2.77 bits per heavy atom. The predicted octanol–water partition coefficient (Wildman–Crippen LogP) is 0.380. The van der Waals surface area contributed by atoms with Gasteiger partial charge in [0.05, 0.1) is 0 Å². The molecule has 1 aliphatic carbocycles. The zero-order chi connectivity index (χ0) is 9.84. The second-order valence-electron chi connectivity index (χ2n) is 3.44. The molecule has 13 heavy (non-hydrogen) atoms. The lowest BCUT2D eigenvalue weighted by atomic mass is 10.5. The number of rotatable bonds is 4. The second-order valence-corrected chi connectivity index (χ2v) is 5.65. The Morgan fingerprint density at radius 1 is 1.69 bits per heavy atom. The number of thiocarbonyl (C=S) groups is 1. The predicted molar refractivity (Wildman–Crippen MR) is 60.3 cm³/mol. The first-order valence-corrected chi connectivity index (χ1v) is 6.49. The van der Waals surface area contributed by atoms with Crippen molar-refractivity contribution in [2.45, 2.75) is 31.1 Å². The van der Waals surface area contributed by atoms with Gasteiger partial charge in [-0.3, -0.25) is 4.21 Å². The van der Waals surface area contributed by atoms with Gasteiger partial charge in [0.25, 0.3) is 0 Å². The molecular formula is C8H16N2OS2. The summed E-state index contributed by atoms with van der Waals surface area (Å²) in [6, 6.07) is 0.586. The van der Waals surface area contributed by atoms with E-state index < -0.39 is 10.8 Å². The lowest BCUT2D eigenvalue weighted by Crippen LogP contribution is -2.40. The fraction of sp³-hybridized carbons (Fsp3) is 0.875. The molecule has 3 nitrogen and oxygen atoms in total. The lowest BCUT2D eigenvalue weighted by Gasteiger charge is -2.12. The molecule has 0 aromatic rings. The van der Waals surface area contributed by atoms with Gasteiger partial charge >= 0.3 is 0 Å². The van der Waals surface area contributed by atoms with E-state index in [0.717, 1.165) is 0 Å². The van der Waals surface area contributed by atoms with Gasteiger partial charge in [0, 0.05) is 34.9 Å². The Bertz CT molecular complexity index is 216. The maximum atomic E-state index is 11.0. The molecule has 1 aliphatic rings. The topological polar surface area (TPSA) is 41.1 Å². The minimum Gasteiger partial charge on any atom is -0.362 e. The van der Waals surface area contributed by atoms with E-state index in [0.29, 0.717) is 17.7 Å². The molecule has 76 valence electrons. The van der Waals surface area contributed by atoms with Crippen molar-refractivity contribution in [1.82, 2.24) is 10.6 Å². The van der Waals surface area contributed by atoms with Crippen molar-refractivity contribution in [2.24, 2.45) is 0 Å². The van der Waals surface area contributed by atoms with Gasteiger partial charge in [-0.2, -0.15) is 0 Å². The monoisotopic (exact) mass is 220 g/mol. The highest BCUT2D eigenvalue weighted by atomic mass is 32.2. The fourth-order valence-electron chi connectivity index (χ4n) is 0.818. The number of nitrogens with one attached hydrogen (secondary N) is 2. The van der Waals surface area contributed by atoms with Crippen LogP contribution in [0.1, 0.15) is 19.8 Å². The van der Waals surface area contributed by atoms with E-state index in [9.17, 15) is 4.21 Å². The van der Waals surface area contributed by atoms with Crippen LogP contribution in [-0.4, -0.2) is 33.4 Å². The number of hydrogen-bond donors (Lipinski definition) is 2. The quantitative estimate of drug-likeness (QED) is 0.672. The maximum Gasteiger partial charge on any atom is 0.166 e. The van der Waals surface area contributed by atoms with Crippen LogP contribution >= 0.6 is 12.2 Å². The van der Waals surface area contributed by atoms with Crippen LogP contribution in [0.4, 0.5) is 0 Å². The zero-order valence-electron chi connectivity index (χ0n) is 8.00. The molecule has 2 atom stereocenters. The first-order valence-electron chi connectivity index (χ1n) is 4.46. The highest BCUT2D eigenvalue weighted by Gasteiger charge is 2.21. The van der Waals surface area contributed by atoms with Gasteiger partial charge < -0.3 is 10.6 Å². The summed E-state index contributed by atoms with van der Waals surface area (Å²) in [6.45, 7) is 2.63. The summed E-state index contributed by atoms with van der Waals surface area (Å²) >= 11 is 5.05. The van der Waals surface area contributed by atoms with Gasteiger partial charge in [-0.1, -0.05) is 0 Å². The fourth-order valence-corrected chi connectivity index (χ4v) is 1.39. The molecule has 5 heteroatoms. The molecule has 1 rings (SSSR count). The summed E-state index contributed by atoms with van der Waals surface area (Å²) in [5, 5.41) is 7.08. The van der Waals surface area contributed by atoms with E-state index in [1.807, 2.05) is 6.92 Å². The van der Waals surface area contributed by atoms with Gasteiger partial charge in [0.15, 0.2) is 5.11 Å². The molecule has 0 aromatic carbocycles. The van der Waals surface area contributed by atoms with E-state index in [1.165, 1.54) is 12.8 Å². The van der Waals surface area contributed by atoms with Gasteiger partial charge in [-0.15, -0.1) is 0 Å². The third-order valence-corrected chi connectivity index (χ3v) is 3.59. The van der Waals surface area contributed by atoms with E-state index >= 15 is 0 Å².